The van der Waals surface area contributed by atoms with E-state index in [4.69, 9.17) is 0 Å². The van der Waals surface area contributed by atoms with Gasteiger partial charge in [0.2, 0.25) is 0 Å². The van der Waals surface area contributed by atoms with Crippen LogP contribution in [0, 0.1) is 5.21 Å². The lowest BCUT2D eigenvalue weighted by Gasteiger charge is -2.12. The Bertz CT molecular complexity index is 159. The van der Waals surface area contributed by atoms with Crippen LogP contribution in [0.3, 0.4) is 0 Å². The highest BCUT2D eigenvalue weighted by Crippen LogP contribution is 1.91. The maximum Gasteiger partial charge on any atom is 0.404 e. The predicted octanol–water partition coefficient (Wildman–Crippen LogP) is 1.04. The first-order valence-electron chi connectivity index (χ1n) is 3.53. The zero-order valence-corrected chi connectivity index (χ0v) is 7.07. The summed E-state index contributed by atoms with van der Waals surface area (Å²) in [4.78, 5) is 12.7. The van der Waals surface area contributed by atoms with Crippen molar-refractivity contribution in [1.29, 1.82) is 0 Å². The number of carbonyl (C=O) groups is 1. The van der Waals surface area contributed by atoms with Crippen LogP contribution in [0.25, 0.3) is 0 Å². The number of amides is 2. The summed E-state index contributed by atoms with van der Waals surface area (Å²) in [6.07, 6.45) is 0. The van der Waals surface area contributed by atoms with Gasteiger partial charge in [-0.2, -0.15) is 0 Å². The van der Waals surface area contributed by atoms with E-state index in [2.05, 4.69) is 5.11 Å². The molecule has 0 unspecified atom stereocenters. The average Bonchev–Trinajstić information content (AvgIpc) is 1.88. The van der Waals surface area contributed by atoms with Crippen LogP contribution in [-0.4, -0.2) is 35.9 Å². The van der Waals surface area contributed by atoms with Crippen LogP contribution >= 0.6 is 0 Å². The highest BCUT2D eigenvalue weighted by Gasteiger charge is 2.10. The lowest BCUT2D eigenvalue weighted by molar-refractivity contribution is -0.492. The van der Waals surface area contributed by atoms with E-state index in [1.165, 1.54) is 11.9 Å². The molecule has 0 aromatic carbocycles. The molecule has 0 aliphatic rings. The molecule has 11 heavy (non-hydrogen) atoms. The summed E-state index contributed by atoms with van der Waals surface area (Å²) in [5.74, 6) is 0. The third-order valence-corrected chi connectivity index (χ3v) is 1.26. The molecule has 0 aliphatic heterocycles. The normalized spacial score (nSPS) is 11.4. The van der Waals surface area contributed by atoms with Gasteiger partial charge in [0.05, 0.1) is 5.11 Å². The van der Waals surface area contributed by atoms with Crippen LogP contribution in [-0.2, 0) is 0 Å². The van der Waals surface area contributed by atoms with E-state index in [-0.39, 0.29) is 4.86 Å². The summed E-state index contributed by atoms with van der Waals surface area (Å²) >= 11 is 0. The number of carbonyl (C=O) groups excluding carboxylic acids is 1. The van der Waals surface area contributed by atoms with Crippen LogP contribution < -0.4 is 0 Å². The molecule has 0 saturated heterocycles. The molecule has 64 valence electrons. The van der Waals surface area contributed by atoms with E-state index < -0.39 is 6.03 Å². The van der Waals surface area contributed by atoms with Crippen LogP contribution in [0.15, 0.2) is 5.11 Å². The summed E-state index contributed by atoms with van der Waals surface area (Å²) in [6.45, 7) is 4.82. The molecular weight excluding hydrogens is 146 g/mol. The topological polar surface area (TPSA) is 58.7 Å². The molecule has 0 radical (unpaired) electrons. The number of urea groups is 1. The molecule has 0 heterocycles. The van der Waals surface area contributed by atoms with Crippen molar-refractivity contribution in [3.8, 4) is 0 Å². The van der Waals surface area contributed by atoms with Crippen LogP contribution in [0.1, 0.15) is 13.8 Å². The fourth-order valence-electron chi connectivity index (χ4n) is 0.678. The monoisotopic (exact) mass is 159 g/mol. The first kappa shape index (κ1) is 9.87. The van der Waals surface area contributed by atoms with Crippen LogP contribution in [0.5, 0.6) is 0 Å². The van der Waals surface area contributed by atoms with Gasteiger partial charge in [0.1, 0.15) is 0 Å². The predicted molar refractivity (Wildman–Crippen MR) is 40.3 cm³/mol. The van der Waals surface area contributed by atoms with E-state index in [1.54, 1.807) is 0 Å². The Labute approximate surface area is 65.9 Å². The molecule has 5 heteroatoms. The van der Waals surface area contributed by atoms with Crippen molar-refractivity contribution in [3.63, 3.8) is 0 Å². The quantitative estimate of drug-likeness (QED) is 0.343. The number of hydroxylamine groups is 1. The maximum atomic E-state index is 10.9. The molecule has 0 saturated carbocycles. The van der Waals surface area contributed by atoms with Crippen molar-refractivity contribution in [3.05, 3.63) is 5.21 Å². The fraction of sp³-hybridized carbons (Fsp3) is 0.833. The Morgan fingerprint density at radius 2 is 2.00 bits per heavy atom. The minimum absolute atomic E-state index is 0.265. The van der Waals surface area contributed by atoms with E-state index in [1.807, 2.05) is 13.8 Å². The highest BCUT2D eigenvalue weighted by molar-refractivity contribution is 5.73. The third-order valence-electron chi connectivity index (χ3n) is 1.26. The Balaban J connectivity index is 4.11. The minimum atomic E-state index is -0.479. The van der Waals surface area contributed by atoms with E-state index in [0.717, 1.165) is 0 Å². The average molecular weight is 159 g/mol. The molecule has 0 aromatic heterocycles. The van der Waals surface area contributed by atoms with E-state index in [0.29, 0.717) is 13.1 Å². The van der Waals surface area contributed by atoms with Gasteiger partial charge in [-0.3, -0.25) is 0 Å². The van der Waals surface area contributed by atoms with E-state index in [9.17, 15) is 10.0 Å². The SMILES string of the molecule is CCN(CC)C(=O)/N=[N+](/C)[O-]. The minimum Gasteiger partial charge on any atom is -0.600 e. The summed E-state index contributed by atoms with van der Waals surface area (Å²) in [5.41, 5.74) is 0. The number of hydrogen-bond acceptors (Lipinski definition) is 2. The zero-order valence-electron chi connectivity index (χ0n) is 7.07. The Kier molecular flexibility index (Phi) is 4.17. The standard InChI is InChI=1S/C6H13N3O2/c1-4-9(5-2)6(10)7-8(3)11/h4-5H2,1-3H3/b8-7-. The van der Waals surface area contributed by atoms with Gasteiger partial charge in [-0.05, 0) is 13.8 Å². The maximum absolute atomic E-state index is 10.9. The second-order valence-corrected chi connectivity index (χ2v) is 2.02. The van der Waals surface area contributed by atoms with Gasteiger partial charge in [-0.1, -0.05) is 4.86 Å². The number of hydrogen-bond donors (Lipinski definition) is 0. The number of azo groups is 1. The Morgan fingerprint density at radius 1 is 1.55 bits per heavy atom. The van der Waals surface area contributed by atoms with Crippen molar-refractivity contribution in [2.24, 2.45) is 5.11 Å². The van der Waals surface area contributed by atoms with Crippen LogP contribution in [0.4, 0.5) is 4.79 Å². The van der Waals surface area contributed by atoms with Crippen molar-refractivity contribution >= 4 is 6.03 Å². The molecule has 0 atom stereocenters. The first-order valence-corrected chi connectivity index (χ1v) is 3.53. The van der Waals surface area contributed by atoms with Crippen molar-refractivity contribution < 1.29 is 9.66 Å². The van der Waals surface area contributed by atoms with Gasteiger partial charge in [0.25, 0.3) is 0 Å². The second kappa shape index (κ2) is 4.65. The summed E-state index contributed by atoms with van der Waals surface area (Å²) in [6, 6.07) is -0.479. The molecule has 2 amide bonds. The lowest BCUT2D eigenvalue weighted by Crippen LogP contribution is -2.28. The molecule has 0 fully saturated rings. The van der Waals surface area contributed by atoms with Crippen LogP contribution in [0.2, 0.25) is 0 Å². The molecule has 0 bridgehead atoms. The van der Waals surface area contributed by atoms with E-state index >= 15 is 0 Å². The Hall–Kier alpha value is -1.13. The zero-order chi connectivity index (χ0) is 8.85. The Morgan fingerprint density at radius 3 is 2.27 bits per heavy atom. The lowest BCUT2D eigenvalue weighted by atomic mass is 10.5. The highest BCUT2D eigenvalue weighted by atomic mass is 16.5. The summed E-state index contributed by atoms with van der Waals surface area (Å²) in [5, 5.41) is 13.5. The molecule has 0 spiro atoms. The molecule has 0 aromatic rings. The molecule has 5 nitrogen and oxygen atoms in total. The van der Waals surface area contributed by atoms with Gasteiger partial charge in [-0.15, -0.1) is 0 Å². The van der Waals surface area contributed by atoms with Crippen molar-refractivity contribution in [2.75, 3.05) is 20.1 Å². The van der Waals surface area contributed by atoms with Gasteiger partial charge < -0.3 is 10.1 Å². The molecule has 0 N–H and O–H groups in total. The fourth-order valence-corrected chi connectivity index (χ4v) is 0.678. The largest absolute Gasteiger partial charge is 0.600 e. The summed E-state index contributed by atoms with van der Waals surface area (Å²) < 4.78 is 0. The molecular formula is C6H13N3O2. The van der Waals surface area contributed by atoms with Crippen molar-refractivity contribution in [2.45, 2.75) is 13.8 Å². The smallest absolute Gasteiger partial charge is 0.404 e. The van der Waals surface area contributed by atoms with Gasteiger partial charge in [0.15, 0.2) is 7.05 Å². The molecule has 0 aliphatic carbocycles. The second-order valence-electron chi connectivity index (χ2n) is 2.02. The number of nitrogens with zero attached hydrogens (tertiary/aromatic N) is 3. The van der Waals surface area contributed by atoms with Gasteiger partial charge in [-0.25, -0.2) is 4.79 Å². The summed E-state index contributed by atoms with van der Waals surface area (Å²) in [7, 11) is 1.18. The van der Waals surface area contributed by atoms with Crippen molar-refractivity contribution in [1.82, 2.24) is 4.90 Å². The van der Waals surface area contributed by atoms with Gasteiger partial charge in [0, 0.05) is 13.1 Å². The first-order chi connectivity index (χ1) is 5.11. The third kappa shape index (κ3) is 3.54. The number of rotatable bonds is 2. The van der Waals surface area contributed by atoms with Gasteiger partial charge >= 0.3 is 6.03 Å². The molecule has 0 rings (SSSR count).